The number of carbonyl (C=O) groups is 2. The molecule has 5 rings (SSSR count). The molecule has 0 bridgehead atoms. The predicted octanol–water partition coefficient (Wildman–Crippen LogP) is 4.31. The number of carbonyl (C=O) groups excluding carboxylic acids is 2. The van der Waals surface area contributed by atoms with Crippen LogP contribution in [0.4, 0.5) is 0 Å². The van der Waals surface area contributed by atoms with Gasteiger partial charge in [0.25, 0.3) is 0 Å². The Balaban J connectivity index is 1.42. The predicted molar refractivity (Wildman–Crippen MR) is 132 cm³/mol. The molecule has 4 aliphatic carbocycles. The van der Waals surface area contributed by atoms with Gasteiger partial charge in [0.2, 0.25) is 0 Å². The van der Waals surface area contributed by atoms with Gasteiger partial charge in [-0.1, -0.05) is 50.2 Å². The van der Waals surface area contributed by atoms with Crippen molar-refractivity contribution in [2.24, 2.45) is 34.5 Å². The van der Waals surface area contributed by atoms with Gasteiger partial charge < -0.3 is 10.2 Å². The van der Waals surface area contributed by atoms with Gasteiger partial charge in [-0.3, -0.25) is 9.59 Å². The van der Waals surface area contributed by atoms with E-state index in [2.05, 4.69) is 18.8 Å². The summed E-state index contributed by atoms with van der Waals surface area (Å²) in [5, 5.41) is 24.2. The van der Waals surface area contributed by atoms with Gasteiger partial charge in [0.1, 0.15) is 5.60 Å². The van der Waals surface area contributed by atoms with Crippen LogP contribution in [-0.2, 0) is 9.59 Å². The number of rotatable bonds is 4. The van der Waals surface area contributed by atoms with Crippen LogP contribution < -0.4 is 0 Å². The summed E-state index contributed by atoms with van der Waals surface area (Å²) in [4.78, 5) is 30.1. The number of hydrogen-bond acceptors (Lipinski definition) is 6. The van der Waals surface area contributed by atoms with E-state index in [4.69, 9.17) is 0 Å². The molecule has 0 saturated heterocycles. The van der Waals surface area contributed by atoms with Crippen LogP contribution in [0.3, 0.4) is 0 Å². The number of fused-ring (bicyclic) bond motifs is 5. The molecule has 0 aromatic carbocycles. The second-order valence-corrected chi connectivity index (χ2v) is 12.5. The summed E-state index contributed by atoms with van der Waals surface area (Å²) in [6.45, 7) is 8.27. The Bertz CT molecular complexity index is 1100. The van der Waals surface area contributed by atoms with Crippen molar-refractivity contribution in [3.05, 3.63) is 47.7 Å². The normalized spacial score (nSPS) is 43.1. The number of aryl methyl sites for hydroxylation is 1. The first-order chi connectivity index (χ1) is 16.0. The second-order valence-electron chi connectivity index (χ2n) is 11.5. The Kier molecular flexibility index (Phi) is 5.74. The largest absolute Gasteiger partial charge is 0.393 e. The van der Waals surface area contributed by atoms with Gasteiger partial charge in [0, 0.05) is 22.4 Å². The molecule has 1 aromatic rings. The van der Waals surface area contributed by atoms with E-state index in [1.165, 1.54) is 11.8 Å². The lowest BCUT2D eigenvalue weighted by atomic mass is 9.45. The SMILES string of the molecule is Cc1cccc(SCC(=O)[C@@]2(O)CCC3C4C[C@H](C)C5=CC(=O)C=CC5(C)C4C(O)CC32C)n1. The van der Waals surface area contributed by atoms with Crippen molar-refractivity contribution in [1.29, 1.82) is 0 Å². The quantitative estimate of drug-likeness (QED) is 0.623. The van der Waals surface area contributed by atoms with Crippen molar-refractivity contribution in [2.45, 2.75) is 70.1 Å². The summed E-state index contributed by atoms with van der Waals surface area (Å²) in [6, 6.07) is 5.74. The maximum absolute atomic E-state index is 13.5. The van der Waals surface area contributed by atoms with Crippen LogP contribution in [0, 0.1) is 41.4 Å². The third-order valence-electron chi connectivity index (χ3n) is 9.64. The topological polar surface area (TPSA) is 87.5 Å². The fourth-order valence-electron chi connectivity index (χ4n) is 8.07. The zero-order valence-corrected chi connectivity index (χ0v) is 21.3. The van der Waals surface area contributed by atoms with Gasteiger partial charge in [-0.15, -0.1) is 0 Å². The maximum Gasteiger partial charge on any atom is 0.178 e. The van der Waals surface area contributed by atoms with Crippen molar-refractivity contribution in [3.63, 3.8) is 0 Å². The highest BCUT2D eigenvalue weighted by atomic mass is 32.2. The van der Waals surface area contributed by atoms with Gasteiger partial charge in [0.15, 0.2) is 11.6 Å². The van der Waals surface area contributed by atoms with E-state index < -0.39 is 17.1 Å². The smallest absolute Gasteiger partial charge is 0.178 e. The molecule has 0 amide bonds. The molecule has 4 aliphatic rings. The highest BCUT2D eigenvalue weighted by Crippen LogP contribution is 2.67. The number of hydrogen-bond donors (Lipinski definition) is 2. The number of allylic oxidation sites excluding steroid dienone is 4. The van der Waals surface area contributed by atoms with E-state index in [9.17, 15) is 19.8 Å². The number of thioether (sulfide) groups is 1. The first-order valence-electron chi connectivity index (χ1n) is 12.4. The Morgan fingerprint density at radius 2 is 2.06 bits per heavy atom. The Morgan fingerprint density at radius 3 is 2.79 bits per heavy atom. The van der Waals surface area contributed by atoms with Crippen LogP contribution in [-0.4, -0.2) is 44.2 Å². The zero-order valence-electron chi connectivity index (χ0n) is 20.5. The number of ketones is 2. The molecule has 182 valence electrons. The van der Waals surface area contributed by atoms with Crippen molar-refractivity contribution in [2.75, 3.05) is 5.75 Å². The highest BCUT2D eigenvalue weighted by Gasteiger charge is 2.68. The summed E-state index contributed by atoms with van der Waals surface area (Å²) in [5.74, 6) is 0.596. The van der Waals surface area contributed by atoms with Crippen LogP contribution in [0.25, 0.3) is 0 Å². The number of aliphatic hydroxyl groups is 2. The second kappa shape index (κ2) is 8.14. The van der Waals surface area contributed by atoms with E-state index in [1.807, 2.05) is 38.1 Å². The molecule has 0 radical (unpaired) electrons. The van der Waals surface area contributed by atoms with Gasteiger partial charge in [-0.2, -0.15) is 0 Å². The summed E-state index contributed by atoms with van der Waals surface area (Å²) in [6.07, 6.45) is 7.26. The standard InChI is InChI=1S/C28H35NO4S/c1-16-12-19-20-9-11-28(33,23(32)15-34-24-7-5-6-17(2)29-24)27(20,4)14-22(31)25(19)26(3)10-8-18(30)13-21(16)26/h5-8,10,13,16,19-20,22,25,31,33H,9,11-12,14-15H2,1-4H3/t16-,19?,20?,22?,25?,26?,27?,28-/m0/s1. The van der Waals surface area contributed by atoms with E-state index in [0.29, 0.717) is 12.8 Å². The van der Waals surface area contributed by atoms with Crippen LogP contribution in [0.5, 0.6) is 0 Å². The molecule has 5 nitrogen and oxygen atoms in total. The molecule has 8 atom stereocenters. The third-order valence-corrected chi connectivity index (χ3v) is 10.6. The van der Waals surface area contributed by atoms with Crippen molar-refractivity contribution >= 4 is 23.3 Å². The Morgan fingerprint density at radius 1 is 1.29 bits per heavy atom. The van der Waals surface area contributed by atoms with Crippen molar-refractivity contribution in [1.82, 2.24) is 4.98 Å². The van der Waals surface area contributed by atoms with Crippen LogP contribution in [0.15, 0.2) is 47.0 Å². The molecule has 6 unspecified atom stereocenters. The van der Waals surface area contributed by atoms with E-state index in [-0.39, 0.29) is 46.4 Å². The van der Waals surface area contributed by atoms with E-state index >= 15 is 0 Å². The lowest BCUT2D eigenvalue weighted by molar-refractivity contribution is -0.176. The maximum atomic E-state index is 13.5. The van der Waals surface area contributed by atoms with Gasteiger partial charge >= 0.3 is 0 Å². The van der Waals surface area contributed by atoms with Gasteiger partial charge in [-0.25, -0.2) is 4.98 Å². The Hall–Kier alpha value is -1.76. The fraction of sp³-hybridized carbons (Fsp3) is 0.607. The molecule has 3 saturated carbocycles. The first kappa shape index (κ1) is 24.0. The van der Waals surface area contributed by atoms with Crippen molar-refractivity contribution in [3.8, 4) is 0 Å². The molecule has 2 N–H and O–H groups in total. The summed E-state index contributed by atoms with van der Waals surface area (Å²) < 4.78 is 0. The minimum atomic E-state index is -1.45. The first-order valence-corrected chi connectivity index (χ1v) is 13.4. The lowest BCUT2D eigenvalue weighted by Gasteiger charge is -2.60. The summed E-state index contributed by atoms with van der Waals surface area (Å²) in [5.41, 5.74) is -0.461. The van der Waals surface area contributed by atoms with Crippen molar-refractivity contribution < 1.29 is 19.8 Å². The molecule has 6 heteroatoms. The number of pyridine rings is 1. The van der Waals surface area contributed by atoms with Crippen LogP contribution >= 0.6 is 11.8 Å². The molecule has 0 spiro atoms. The zero-order chi connectivity index (χ0) is 24.5. The van der Waals surface area contributed by atoms with Gasteiger partial charge in [0.05, 0.1) is 16.9 Å². The molecule has 34 heavy (non-hydrogen) atoms. The number of Topliss-reactive ketones (excluding diaryl/α,β-unsaturated/α-hetero) is 1. The molecule has 1 aromatic heterocycles. The number of nitrogens with zero attached hydrogens (tertiary/aromatic N) is 1. The van der Waals surface area contributed by atoms with Crippen LogP contribution in [0.2, 0.25) is 0 Å². The lowest BCUT2D eigenvalue weighted by Crippen LogP contribution is -2.62. The molecular weight excluding hydrogens is 446 g/mol. The molecular formula is C28H35NO4S. The number of aliphatic hydroxyl groups excluding tert-OH is 1. The average Bonchev–Trinajstić information content (AvgIpc) is 3.04. The molecule has 3 fully saturated rings. The van der Waals surface area contributed by atoms with E-state index in [0.717, 1.165) is 29.1 Å². The van der Waals surface area contributed by atoms with E-state index in [1.54, 1.807) is 12.2 Å². The van der Waals surface area contributed by atoms with Gasteiger partial charge in [-0.05, 0) is 74.6 Å². The summed E-state index contributed by atoms with van der Waals surface area (Å²) in [7, 11) is 0. The molecule has 1 heterocycles. The summed E-state index contributed by atoms with van der Waals surface area (Å²) >= 11 is 1.37. The number of aromatic nitrogens is 1. The third kappa shape index (κ3) is 3.40. The van der Waals surface area contributed by atoms with Crippen LogP contribution in [0.1, 0.15) is 52.1 Å². The average molecular weight is 482 g/mol. The molecule has 0 aliphatic heterocycles. The minimum absolute atomic E-state index is 0.0132. The fourth-order valence-corrected chi connectivity index (χ4v) is 8.97. The highest BCUT2D eigenvalue weighted by molar-refractivity contribution is 7.99. The monoisotopic (exact) mass is 481 g/mol. The Labute approximate surface area is 206 Å². The minimum Gasteiger partial charge on any atom is -0.393 e.